The average Bonchev–Trinajstić information content (AvgIpc) is 2.65. The van der Waals surface area contributed by atoms with E-state index in [1.165, 1.54) is 0 Å². The Morgan fingerprint density at radius 3 is 2.45 bits per heavy atom. The highest BCUT2D eigenvalue weighted by molar-refractivity contribution is 7.99. The fourth-order valence-electron chi connectivity index (χ4n) is 2.27. The molecule has 3 rings (SSSR count). The first-order valence-corrected chi connectivity index (χ1v) is 7.25. The van der Waals surface area contributed by atoms with Crippen LogP contribution in [0.5, 0.6) is 0 Å². The zero-order valence-electron chi connectivity index (χ0n) is 10.7. The van der Waals surface area contributed by atoms with Crippen LogP contribution in [0.15, 0.2) is 65.1 Å². The maximum Gasteiger partial charge on any atom is 0.195 e. The third kappa shape index (κ3) is 2.15. The van der Waals surface area contributed by atoms with Gasteiger partial charge in [0.1, 0.15) is 0 Å². The molecule has 0 saturated carbocycles. The molecule has 3 heteroatoms. The summed E-state index contributed by atoms with van der Waals surface area (Å²) in [5.41, 5.74) is 2.57. The molecule has 1 aliphatic heterocycles. The predicted molar refractivity (Wildman–Crippen MR) is 80.5 cm³/mol. The summed E-state index contributed by atoms with van der Waals surface area (Å²) in [4.78, 5) is 13.7. The molecule has 2 nitrogen and oxygen atoms in total. The zero-order valence-corrected chi connectivity index (χ0v) is 11.5. The molecule has 0 amide bonds. The number of hydrogen-bond acceptors (Lipinski definition) is 3. The second-order valence-corrected chi connectivity index (χ2v) is 5.46. The number of carbonyl (C=O) groups is 1. The van der Waals surface area contributed by atoms with E-state index in [-0.39, 0.29) is 5.78 Å². The van der Waals surface area contributed by atoms with Crippen molar-refractivity contribution in [3.05, 3.63) is 71.3 Å². The Morgan fingerprint density at radius 2 is 1.70 bits per heavy atom. The molecule has 0 aliphatic carbocycles. The van der Waals surface area contributed by atoms with Gasteiger partial charge in [-0.05, 0) is 17.7 Å². The van der Waals surface area contributed by atoms with Gasteiger partial charge in [0, 0.05) is 21.8 Å². The first kappa shape index (κ1) is 12.7. The van der Waals surface area contributed by atoms with Gasteiger partial charge in [-0.1, -0.05) is 42.5 Å². The molecule has 0 aromatic heterocycles. The predicted octanol–water partition coefficient (Wildman–Crippen LogP) is 3.95. The summed E-state index contributed by atoms with van der Waals surface area (Å²) in [7, 11) is 0. The number of nitriles is 1. The van der Waals surface area contributed by atoms with Crippen molar-refractivity contribution in [1.29, 1.82) is 5.26 Å². The van der Waals surface area contributed by atoms with Gasteiger partial charge >= 0.3 is 0 Å². The SMILES string of the molecule is N#CC1=C(c2ccccc2)C(=O)c2ccccc2SC1. The number of fused-ring (bicyclic) bond motifs is 1. The van der Waals surface area contributed by atoms with E-state index in [4.69, 9.17) is 0 Å². The Labute approximate surface area is 121 Å². The van der Waals surface area contributed by atoms with E-state index in [0.29, 0.717) is 22.5 Å². The van der Waals surface area contributed by atoms with Crippen molar-refractivity contribution in [3.63, 3.8) is 0 Å². The smallest absolute Gasteiger partial charge is 0.195 e. The van der Waals surface area contributed by atoms with Crippen LogP contribution in [0, 0.1) is 11.3 Å². The molecule has 20 heavy (non-hydrogen) atoms. The Morgan fingerprint density at radius 1 is 1.00 bits per heavy atom. The molecular formula is C17H11NOS. The fourth-order valence-corrected chi connectivity index (χ4v) is 3.27. The Bertz CT molecular complexity index is 741. The number of rotatable bonds is 1. The Kier molecular flexibility index (Phi) is 3.41. The number of thioether (sulfide) groups is 1. The van der Waals surface area contributed by atoms with E-state index in [1.807, 2.05) is 54.6 Å². The topological polar surface area (TPSA) is 40.9 Å². The molecule has 0 spiro atoms. The van der Waals surface area contributed by atoms with Crippen LogP contribution in [-0.2, 0) is 0 Å². The van der Waals surface area contributed by atoms with E-state index < -0.39 is 0 Å². The molecule has 1 aliphatic rings. The normalized spacial score (nSPS) is 14.4. The van der Waals surface area contributed by atoms with E-state index in [9.17, 15) is 10.1 Å². The van der Waals surface area contributed by atoms with E-state index >= 15 is 0 Å². The lowest BCUT2D eigenvalue weighted by Crippen LogP contribution is -2.05. The number of Topliss-reactive ketones (excluding diaryl/α,β-unsaturated/α-hetero) is 1. The van der Waals surface area contributed by atoms with E-state index in [2.05, 4.69) is 6.07 Å². The van der Waals surface area contributed by atoms with Crippen molar-refractivity contribution in [3.8, 4) is 6.07 Å². The molecule has 0 unspecified atom stereocenters. The monoisotopic (exact) mass is 277 g/mol. The molecule has 0 atom stereocenters. The number of carbonyl (C=O) groups excluding carboxylic acids is 1. The first-order valence-electron chi connectivity index (χ1n) is 6.26. The summed E-state index contributed by atoms with van der Waals surface area (Å²) in [5.74, 6) is 0.470. The number of benzene rings is 2. The van der Waals surface area contributed by atoms with Crippen molar-refractivity contribution < 1.29 is 4.79 Å². The lowest BCUT2D eigenvalue weighted by Gasteiger charge is -2.07. The van der Waals surface area contributed by atoms with Gasteiger partial charge in [-0.3, -0.25) is 4.79 Å². The van der Waals surface area contributed by atoms with Gasteiger partial charge in [0.2, 0.25) is 0 Å². The van der Waals surface area contributed by atoms with Gasteiger partial charge < -0.3 is 0 Å². The van der Waals surface area contributed by atoms with Crippen LogP contribution in [0.4, 0.5) is 0 Å². The number of nitrogens with zero attached hydrogens (tertiary/aromatic N) is 1. The quantitative estimate of drug-likeness (QED) is 0.792. The molecule has 2 aromatic rings. The average molecular weight is 277 g/mol. The summed E-state index contributed by atoms with van der Waals surface area (Å²) in [6.07, 6.45) is 0. The molecule has 0 radical (unpaired) electrons. The highest BCUT2D eigenvalue weighted by Crippen LogP contribution is 2.35. The summed E-state index contributed by atoms with van der Waals surface area (Å²) >= 11 is 1.54. The number of ketones is 1. The maximum atomic E-state index is 12.8. The van der Waals surface area contributed by atoms with Gasteiger partial charge in [-0.25, -0.2) is 0 Å². The number of allylic oxidation sites excluding steroid dienone is 1. The van der Waals surface area contributed by atoms with Gasteiger partial charge in [0.25, 0.3) is 0 Å². The molecule has 96 valence electrons. The summed E-state index contributed by atoms with van der Waals surface area (Å²) < 4.78 is 0. The minimum Gasteiger partial charge on any atom is -0.289 e. The summed E-state index contributed by atoms with van der Waals surface area (Å²) in [6, 6.07) is 19.2. The minimum absolute atomic E-state index is 0.0617. The molecule has 0 N–H and O–H groups in total. The fraction of sp³-hybridized carbons (Fsp3) is 0.0588. The molecule has 1 heterocycles. The molecular weight excluding hydrogens is 266 g/mol. The van der Waals surface area contributed by atoms with E-state index in [0.717, 1.165) is 10.5 Å². The van der Waals surface area contributed by atoms with Crippen LogP contribution < -0.4 is 0 Å². The second kappa shape index (κ2) is 5.36. The Hall–Kier alpha value is -2.31. The number of hydrogen-bond donors (Lipinski definition) is 0. The molecule has 0 fully saturated rings. The highest BCUT2D eigenvalue weighted by Gasteiger charge is 2.24. The van der Waals surface area contributed by atoms with Crippen molar-refractivity contribution in [1.82, 2.24) is 0 Å². The summed E-state index contributed by atoms with van der Waals surface area (Å²) in [6.45, 7) is 0. The third-order valence-corrected chi connectivity index (χ3v) is 4.33. The molecule has 2 aromatic carbocycles. The lowest BCUT2D eigenvalue weighted by atomic mass is 9.93. The Balaban J connectivity index is 2.21. The van der Waals surface area contributed by atoms with E-state index in [1.54, 1.807) is 11.8 Å². The largest absolute Gasteiger partial charge is 0.289 e. The van der Waals surface area contributed by atoms with Gasteiger partial charge in [0.15, 0.2) is 5.78 Å². The summed E-state index contributed by atoms with van der Waals surface area (Å²) in [5, 5.41) is 9.37. The standard InChI is InChI=1S/C17H11NOS/c18-10-13-11-20-15-9-5-4-8-14(15)17(19)16(13)12-6-2-1-3-7-12/h1-9H,11H2. The van der Waals surface area contributed by atoms with Crippen LogP contribution in [0.25, 0.3) is 5.57 Å². The van der Waals surface area contributed by atoms with Crippen molar-refractivity contribution in [2.24, 2.45) is 0 Å². The second-order valence-electron chi connectivity index (χ2n) is 4.45. The zero-order chi connectivity index (χ0) is 13.9. The minimum atomic E-state index is -0.0617. The van der Waals surface area contributed by atoms with Crippen LogP contribution in [-0.4, -0.2) is 11.5 Å². The van der Waals surface area contributed by atoms with Gasteiger partial charge in [-0.2, -0.15) is 5.26 Å². The van der Waals surface area contributed by atoms with Crippen molar-refractivity contribution >= 4 is 23.1 Å². The first-order chi connectivity index (χ1) is 9.81. The maximum absolute atomic E-state index is 12.8. The van der Waals surface area contributed by atoms with Gasteiger partial charge in [0.05, 0.1) is 11.6 Å². The van der Waals surface area contributed by atoms with Crippen LogP contribution in [0.3, 0.4) is 0 Å². The van der Waals surface area contributed by atoms with Crippen LogP contribution in [0.1, 0.15) is 15.9 Å². The molecule has 0 bridgehead atoms. The van der Waals surface area contributed by atoms with Crippen molar-refractivity contribution in [2.45, 2.75) is 4.90 Å². The third-order valence-electron chi connectivity index (χ3n) is 3.23. The highest BCUT2D eigenvalue weighted by atomic mass is 32.2. The van der Waals surface area contributed by atoms with Crippen LogP contribution >= 0.6 is 11.8 Å². The molecule has 0 saturated heterocycles. The lowest BCUT2D eigenvalue weighted by molar-refractivity contribution is 0.105. The van der Waals surface area contributed by atoms with Gasteiger partial charge in [-0.15, -0.1) is 11.8 Å². The van der Waals surface area contributed by atoms with Crippen molar-refractivity contribution in [2.75, 3.05) is 5.75 Å². The van der Waals surface area contributed by atoms with Crippen LogP contribution in [0.2, 0.25) is 0 Å².